The number of hydrogen-bond acceptors (Lipinski definition) is 2. The Morgan fingerprint density at radius 1 is 1.08 bits per heavy atom. The summed E-state index contributed by atoms with van der Waals surface area (Å²) in [4.78, 5) is 0. The first-order valence-corrected chi connectivity index (χ1v) is 9.04. The minimum absolute atomic E-state index is 0.274. The molecule has 0 bridgehead atoms. The van der Waals surface area contributed by atoms with Crippen molar-refractivity contribution in [3.05, 3.63) is 87.9 Å². The summed E-state index contributed by atoms with van der Waals surface area (Å²) >= 11 is 6.20. The highest BCUT2D eigenvalue weighted by molar-refractivity contribution is 6.32. The molecule has 1 atom stereocenters. The van der Waals surface area contributed by atoms with Crippen LogP contribution in [0.3, 0.4) is 0 Å². The van der Waals surface area contributed by atoms with E-state index in [0.717, 1.165) is 34.1 Å². The molecule has 130 valence electrons. The van der Waals surface area contributed by atoms with E-state index in [1.54, 1.807) is 0 Å². The minimum Gasteiger partial charge on any atom is -0.460 e. The Bertz CT molecular complexity index is 824. The first-order chi connectivity index (χ1) is 12.0. The van der Waals surface area contributed by atoms with Crippen LogP contribution in [-0.4, -0.2) is 0 Å². The fourth-order valence-corrected chi connectivity index (χ4v) is 2.98. The van der Waals surface area contributed by atoms with Gasteiger partial charge in [0.05, 0.1) is 6.54 Å². The molecule has 2 nitrogen and oxygen atoms in total. The fourth-order valence-electron chi connectivity index (χ4n) is 2.84. The summed E-state index contributed by atoms with van der Waals surface area (Å²) in [5.41, 5.74) is 4.71. The first kappa shape index (κ1) is 17.8. The van der Waals surface area contributed by atoms with Gasteiger partial charge in [0.15, 0.2) is 0 Å². The highest BCUT2D eigenvalue weighted by Crippen LogP contribution is 2.27. The first-order valence-electron chi connectivity index (χ1n) is 8.66. The van der Waals surface area contributed by atoms with Crippen LogP contribution in [-0.2, 0) is 6.54 Å². The number of halogens is 1. The number of nitrogens with one attached hydrogen (secondary N) is 1. The van der Waals surface area contributed by atoms with E-state index < -0.39 is 0 Å². The zero-order valence-corrected chi connectivity index (χ0v) is 15.7. The summed E-state index contributed by atoms with van der Waals surface area (Å²) in [5, 5.41) is 4.33. The molecular weight excluding hydrogens is 330 g/mol. The lowest BCUT2D eigenvalue weighted by molar-refractivity contribution is 0.454. The molecule has 1 aliphatic carbocycles. The van der Waals surface area contributed by atoms with Gasteiger partial charge in [-0.3, -0.25) is 0 Å². The van der Waals surface area contributed by atoms with E-state index in [1.807, 2.05) is 25.1 Å². The maximum Gasteiger partial charge on any atom is 0.134 e. The molecule has 3 heteroatoms. The molecule has 1 aromatic heterocycles. The van der Waals surface area contributed by atoms with Crippen molar-refractivity contribution >= 4 is 17.2 Å². The number of allylic oxidation sites excluding steroid dienone is 6. The lowest BCUT2D eigenvalue weighted by Gasteiger charge is -2.13. The Morgan fingerprint density at radius 3 is 2.60 bits per heavy atom. The maximum atomic E-state index is 6.20. The Kier molecular flexibility index (Phi) is 5.62. The number of aryl methyl sites for hydroxylation is 1. The molecule has 1 heterocycles. The summed E-state index contributed by atoms with van der Waals surface area (Å²) in [5.74, 6) is 1.82. The highest BCUT2D eigenvalue weighted by atomic mass is 35.5. The average Bonchev–Trinajstić information content (AvgIpc) is 3.01. The van der Waals surface area contributed by atoms with Gasteiger partial charge in [-0.15, -0.1) is 0 Å². The molecular formula is C22H24ClNO. The molecule has 1 N–H and O–H groups in total. The third kappa shape index (κ3) is 4.53. The molecule has 0 radical (unpaired) electrons. The normalized spacial score (nSPS) is 15.9. The van der Waals surface area contributed by atoms with Crippen molar-refractivity contribution < 1.29 is 4.42 Å². The van der Waals surface area contributed by atoms with Crippen molar-refractivity contribution in [1.29, 1.82) is 0 Å². The number of hydrogen-bond donors (Lipinski definition) is 1. The van der Waals surface area contributed by atoms with E-state index >= 15 is 0 Å². The molecule has 2 aromatic rings. The molecule has 25 heavy (non-hydrogen) atoms. The van der Waals surface area contributed by atoms with Crippen molar-refractivity contribution in [3.63, 3.8) is 0 Å². The molecule has 0 saturated carbocycles. The lowest BCUT2D eigenvalue weighted by Crippen LogP contribution is -2.17. The number of rotatable bonds is 5. The molecule has 1 aromatic carbocycles. The van der Waals surface area contributed by atoms with Gasteiger partial charge in [-0.1, -0.05) is 53.6 Å². The van der Waals surface area contributed by atoms with Crippen LogP contribution in [0.1, 0.15) is 49.0 Å². The summed E-state index contributed by atoms with van der Waals surface area (Å²) in [6.07, 6.45) is 7.07. The lowest BCUT2D eigenvalue weighted by atomic mass is 10.1. The summed E-state index contributed by atoms with van der Waals surface area (Å²) in [6, 6.07) is 13.0. The van der Waals surface area contributed by atoms with Gasteiger partial charge < -0.3 is 9.73 Å². The van der Waals surface area contributed by atoms with E-state index in [0.29, 0.717) is 6.54 Å². The third-order valence-corrected chi connectivity index (χ3v) is 4.94. The monoisotopic (exact) mass is 353 g/mol. The summed E-state index contributed by atoms with van der Waals surface area (Å²) in [6.45, 7) is 6.99. The van der Waals surface area contributed by atoms with E-state index in [1.165, 1.54) is 11.1 Å². The van der Waals surface area contributed by atoms with Gasteiger partial charge in [0.1, 0.15) is 11.5 Å². The number of furan rings is 1. The summed E-state index contributed by atoms with van der Waals surface area (Å²) < 4.78 is 6.03. The second-order valence-electron chi connectivity index (χ2n) is 6.55. The smallest absolute Gasteiger partial charge is 0.134 e. The van der Waals surface area contributed by atoms with Crippen LogP contribution >= 0.6 is 11.6 Å². The maximum absolute atomic E-state index is 6.20. The largest absolute Gasteiger partial charge is 0.460 e. The Balaban J connectivity index is 1.64. The molecule has 1 aliphatic rings. The predicted octanol–water partition coefficient (Wildman–Crippen LogP) is 6.29. The Hall–Kier alpha value is -2.03. The Labute approximate surface area is 154 Å². The van der Waals surface area contributed by atoms with Crippen LogP contribution in [0.15, 0.2) is 69.6 Å². The molecule has 0 spiro atoms. The second-order valence-corrected chi connectivity index (χ2v) is 6.96. The topological polar surface area (TPSA) is 25.2 Å². The molecule has 3 rings (SSSR count). The van der Waals surface area contributed by atoms with Crippen molar-refractivity contribution in [3.8, 4) is 0 Å². The van der Waals surface area contributed by atoms with Gasteiger partial charge in [-0.05, 0) is 56.5 Å². The van der Waals surface area contributed by atoms with E-state index in [2.05, 4.69) is 55.6 Å². The molecule has 0 amide bonds. The quantitative estimate of drug-likeness (QED) is 0.682. The highest BCUT2D eigenvalue weighted by Gasteiger charge is 2.10. The Morgan fingerprint density at radius 2 is 1.84 bits per heavy atom. The van der Waals surface area contributed by atoms with Crippen LogP contribution in [0, 0.1) is 6.92 Å². The molecule has 1 unspecified atom stereocenters. The predicted molar refractivity (Wildman–Crippen MR) is 105 cm³/mol. The minimum atomic E-state index is 0.274. The van der Waals surface area contributed by atoms with E-state index in [9.17, 15) is 0 Å². The van der Waals surface area contributed by atoms with Gasteiger partial charge in [0.25, 0.3) is 0 Å². The number of benzene rings is 1. The zero-order chi connectivity index (χ0) is 17.8. The van der Waals surface area contributed by atoms with E-state index in [4.69, 9.17) is 16.0 Å². The van der Waals surface area contributed by atoms with Crippen molar-refractivity contribution in [2.75, 3.05) is 0 Å². The molecule has 0 fully saturated rings. The van der Waals surface area contributed by atoms with Gasteiger partial charge in [-0.2, -0.15) is 0 Å². The molecule has 0 saturated heterocycles. The van der Waals surface area contributed by atoms with Gasteiger partial charge in [0.2, 0.25) is 0 Å². The van der Waals surface area contributed by atoms with Crippen molar-refractivity contribution in [2.24, 2.45) is 0 Å². The average molecular weight is 354 g/mol. The van der Waals surface area contributed by atoms with Crippen LogP contribution < -0.4 is 5.32 Å². The van der Waals surface area contributed by atoms with Gasteiger partial charge >= 0.3 is 0 Å². The molecule has 0 aliphatic heterocycles. The SMILES string of the molecule is CC1=CC(c2ccc(CNC(C)c3ccc(C)cc3)o2)=CCC=C1Cl. The fraction of sp³-hybridized carbons (Fsp3) is 0.273. The van der Waals surface area contributed by atoms with Crippen molar-refractivity contribution in [1.82, 2.24) is 5.32 Å². The van der Waals surface area contributed by atoms with Crippen LogP contribution in [0.5, 0.6) is 0 Å². The van der Waals surface area contributed by atoms with Crippen LogP contribution in [0.4, 0.5) is 0 Å². The van der Waals surface area contributed by atoms with Crippen molar-refractivity contribution in [2.45, 2.75) is 39.8 Å². The van der Waals surface area contributed by atoms with Gasteiger partial charge in [0, 0.05) is 16.6 Å². The second kappa shape index (κ2) is 7.90. The third-order valence-electron chi connectivity index (χ3n) is 4.49. The standard InChI is InChI=1S/C22H24ClNO/c1-15-7-9-18(10-8-15)17(3)24-14-20-11-12-22(25-20)19-5-4-6-21(23)16(2)13-19/h5-13,17,24H,4,14H2,1-3H3. The zero-order valence-electron chi connectivity index (χ0n) is 15.0. The van der Waals surface area contributed by atoms with Crippen LogP contribution in [0.25, 0.3) is 5.57 Å². The van der Waals surface area contributed by atoms with Gasteiger partial charge in [-0.25, -0.2) is 0 Å². The summed E-state index contributed by atoms with van der Waals surface area (Å²) in [7, 11) is 0. The van der Waals surface area contributed by atoms with Crippen LogP contribution in [0.2, 0.25) is 0 Å². The van der Waals surface area contributed by atoms with E-state index in [-0.39, 0.29) is 6.04 Å².